The number of nitrogens with zero attached hydrogens (tertiary/aromatic N) is 4. The van der Waals surface area contributed by atoms with Gasteiger partial charge in [0.1, 0.15) is 11.5 Å². The van der Waals surface area contributed by atoms with E-state index in [1.54, 1.807) is 0 Å². The molecule has 42 heavy (non-hydrogen) atoms. The molecule has 0 N–H and O–H groups in total. The number of hydrogen-bond acceptors (Lipinski definition) is 4. The second-order valence-corrected chi connectivity index (χ2v) is 10.5. The first kappa shape index (κ1) is 22.9. The van der Waals surface area contributed by atoms with Crippen LogP contribution in [0.3, 0.4) is 0 Å². The topological polar surface area (TPSA) is 52.8 Å². The average Bonchev–Trinajstić information content (AvgIpc) is 3.41. The first-order valence-corrected chi connectivity index (χ1v) is 14.0. The van der Waals surface area contributed by atoms with Crippen LogP contribution in [-0.4, -0.2) is 19.5 Å². The van der Waals surface area contributed by atoms with Gasteiger partial charge in [-0.2, -0.15) is 9.97 Å². The summed E-state index contributed by atoms with van der Waals surface area (Å²) in [6.45, 7) is 0. The van der Waals surface area contributed by atoms with E-state index in [9.17, 15) is 0 Å². The van der Waals surface area contributed by atoms with Gasteiger partial charge in [0, 0.05) is 21.9 Å². The van der Waals surface area contributed by atoms with Crippen molar-refractivity contribution in [2.75, 3.05) is 0 Å². The predicted octanol–water partition coefficient (Wildman–Crippen LogP) is 9.23. The van der Waals surface area contributed by atoms with Crippen LogP contribution in [0.25, 0.3) is 72.4 Å². The SMILES string of the molecule is c1ccc(-c2nc(-c3ccccc3)nc(-n3c4cccc5c4c4c6c(cccc6c(-c6ccccc6)cc43)O5)n2)cc1. The summed E-state index contributed by atoms with van der Waals surface area (Å²) in [4.78, 5) is 15.1. The van der Waals surface area contributed by atoms with Crippen LogP contribution in [0.5, 0.6) is 11.5 Å². The average molecular weight is 539 g/mol. The Morgan fingerprint density at radius 2 is 1.02 bits per heavy atom. The van der Waals surface area contributed by atoms with E-state index in [0.717, 1.165) is 66.3 Å². The zero-order chi connectivity index (χ0) is 27.6. The normalized spacial score (nSPS) is 12.0. The molecule has 3 heterocycles. The summed E-state index contributed by atoms with van der Waals surface area (Å²) >= 11 is 0. The largest absolute Gasteiger partial charge is 0.456 e. The molecule has 1 aliphatic rings. The Morgan fingerprint density at radius 3 is 1.67 bits per heavy atom. The van der Waals surface area contributed by atoms with E-state index < -0.39 is 0 Å². The molecule has 6 aromatic carbocycles. The van der Waals surface area contributed by atoms with E-state index in [1.807, 2.05) is 78.9 Å². The Morgan fingerprint density at radius 1 is 0.452 bits per heavy atom. The Hall–Kier alpha value is -5.81. The molecular formula is C37H22N4O. The van der Waals surface area contributed by atoms with Crippen LogP contribution in [0, 0.1) is 0 Å². The molecule has 0 amide bonds. The minimum Gasteiger partial charge on any atom is -0.456 e. The lowest BCUT2D eigenvalue weighted by atomic mass is 9.93. The Bertz CT molecular complexity index is 2250. The van der Waals surface area contributed by atoms with Crippen LogP contribution in [0.1, 0.15) is 0 Å². The van der Waals surface area contributed by atoms with Crippen molar-refractivity contribution in [1.29, 1.82) is 0 Å². The van der Waals surface area contributed by atoms with Crippen molar-refractivity contribution in [3.05, 3.63) is 133 Å². The minimum atomic E-state index is 0.567. The fourth-order valence-electron chi connectivity index (χ4n) is 6.20. The van der Waals surface area contributed by atoms with Crippen LogP contribution >= 0.6 is 0 Å². The third kappa shape index (κ3) is 3.34. The molecule has 0 bridgehead atoms. The van der Waals surface area contributed by atoms with E-state index in [1.165, 1.54) is 0 Å². The van der Waals surface area contributed by atoms with Gasteiger partial charge < -0.3 is 4.74 Å². The Kier molecular flexibility index (Phi) is 4.83. The highest BCUT2D eigenvalue weighted by atomic mass is 16.5. The molecule has 5 heteroatoms. The van der Waals surface area contributed by atoms with E-state index in [-0.39, 0.29) is 0 Å². The molecule has 9 rings (SSSR count). The standard InChI is InChI=1S/C37H22N4O/c1-4-12-23(13-5-1)27-22-29-34-32-26(27)18-10-20-30(32)42-31-21-11-19-28(33(31)34)41(29)37-39-35(24-14-6-2-7-15-24)38-36(40-37)25-16-8-3-9-17-25/h1-22H. The van der Waals surface area contributed by atoms with E-state index in [0.29, 0.717) is 17.6 Å². The van der Waals surface area contributed by atoms with Gasteiger partial charge in [-0.25, -0.2) is 4.98 Å². The quantitative estimate of drug-likeness (QED) is 0.224. The monoisotopic (exact) mass is 538 g/mol. The molecule has 0 unspecified atom stereocenters. The molecule has 2 aromatic heterocycles. The maximum atomic E-state index is 6.55. The summed E-state index contributed by atoms with van der Waals surface area (Å²) in [5.74, 6) is 3.52. The van der Waals surface area contributed by atoms with Crippen molar-refractivity contribution in [2.24, 2.45) is 0 Å². The molecule has 0 atom stereocenters. The van der Waals surface area contributed by atoms with Crippen molar-refractivity contribution < 1.29 is 4.74 Å². The van der Waals surface area contributed by atoms with Crippen molar-refractivity contribution in [3.8, 4) is 51.3 Å². The lowest BCUT2D eigenvalue weighted by Crippen LogP contribution is -2.06. The smallest absolute Gasteiger partial charge is 0.238 e. The van der Waals surface area contributed by atoms with Gasteiger partial charge >= 0.3 is 0 Å². The van der Waals surface area contributed by atoms with Crippen LogP contribution in [0.15, 0.2) is 133 Å². The predicted molar refractivity (Wildman–Crippen MR) is 168 cm³/mol. The lowest BCUT2D eigenvalue weighted by molar-refractivity contribution is 0.493. The summed E-state index contributed by atoms with van der Waals surface area (Å²) in [7, 11) is 0. The molecule has 5 nitrogen and oxygen atoms in total. The first-order valence-electron chi connectivity index (χ1n) is 14.0. The van der Waals surface area contributed by atoms with Crippen LogP contribution in [0.4, 0.5) is 0 Å². The highest BCUT2D eigenvalue weighted by molar-refractivity contribution is 6.28. The number of hydrogen-bond donors (Lipinski definition) is 0. The highest BCUT2D eigenvalue weighted by Crippen LogP contribution is 2.51. The van der Waals surface area contributed by atoms with Crippen LogP contribution < -0.4 is 4.74 Å². The van der Waals surface area contributed by atoms with Crippen LogP contribution in [-0.2, 0) is 0 Å². The zero-order valence-corrected chi connectivity index (χ0v) is 22.4. The first-order chi connectivity index (χ1) is 20.8. The van der Waals surface area contributed by atoms with Gasteiger partial charge in [0.15, 0.2) is 11.6 Å². The van der Waals surface area contributed by atoms with E-state index in [4.69, 9.17) is 19.7 Å². The van der Waals surface area contributed by atoms with Gasteiger partial charge in [0.2, 0.25) is 5.95 Å². The zero-order valence-electron chi connectivity index (χ0n) is 22.4. The van der Waals surface area contributed by atoms with Crippen molar-refractivity contribution in [2.45, 2.75) is 0 Å². The van der Waals surface area contributed by atoms with Gasteiger partial charge in [-0.05, 0) is 40.8 Å². The van der Waals surface area contributed by atoms with E-state index >= 15 is 0 Å². The van der Waals surface area contributed by atoms with Crippen molar-refractivity contribution in [1.82, 2.24) is 19.5 Å². The molecule has 0 spiro atoms. The Labute approximate surface area is 241 Å². The summed E-state index contributed by atoms with van der Waals surface area (Å²) in [5, 5.41) is 4.49. The third-order valence-electron chi connectivity index (χ3n) is 8.03. The number of ether oxygens (including phenoxy) is 1. The molecule has 0 aliphatic carbocycles. The van der Waals surface area contributed by atoms with Gasteiger partial charge in [0.25, 0.3) is 0 Å². The minimum absolute atomic E-state index is 0.567. The third-order valence-corrected chi connectivity index (χ3v) is 8.03. The molecular weight excluding hydrogens is 516 g/mol. The van der Waals surface area contributed by atoms with Crippen molar-refractivity contribution in [3.63, 3.8) is 0 Å². The van der Waals surface area contributed by atoms with Gasteiger partial charge in [0.05, 0.1) is 16.4 Å². The van der Waals surface area contributed by atoms with Gasteiger partial charge in [-0.1, -0.05) is 109 Å². The molecule has 0 radical (unpaired) electrons. The molecule has 1 aliphatic heterocycles. The summed E-state index contributed by atoms with van der Waals surface area (Å²) in [5.41, 5.74) is 6.17. The lowest BCUT2D eigenvalue weighted by Gasteiger charge is -2.18. The molecule has 196 valence electrons. The fraction of sp³-hybridized carbons (Fsp3) is 0. The molecule has 0 fully saturated rings. The summed E-state index contributed by atoms with van der Waals surface area (Å²) < 4.78 is 8.72. The summed E-state index contributed by atoms with van der Waals surface area (Å²) in [6.07, 6.45) is 0. The maximum Gasteiger partial charge on any atom is 0.238 e. The fourth-order valence-corrected chi connectivity index (χ4v) is 6.20. The molecule has 8 aromatic rings. The Balaban J connectivity index is 1.44. The second kappa shape index (κ2) is 8.85. The van der Waals surface area contributed by atoms with Gasteiger partial charge in [-0.15, -0.1) is 0 Å². The second-order valence-electron chi connectivity index (χ2n) is 10.5. The maximum absolute atomic E-state index is 6.55. The number of benzene rings is 6. The molecule has 0 saturated heterocycles. The number of aromatic nitrogens is 4. The highest BCUT2D eigenvalue weighted by Gasteiger charge is 2.27. The molecule has 0 saturated carbocycles. The number of rotatable bonds is 4. The van der Waals surface area contributed by atoms with Crippen LogP contribution in [0.2, 0.25) is 0 Å². The van der Waals surface area contributed by atoms with Gasteiger partial charge in [-0.3, -0.25) is 4.57 Å². The summed E-state index contributed by atoms with van der Waals surface area (Å²) in [6, 6.07) is 45.5. The van der Waals surface area contributed by atoms with E-state index in [2.05, 4.69) is 59.2 Å². The van der Waals surface area contributed by atoms with Crippen molar-refractivity contribution >= 4 is 32.6 Å².